The number of carbonyl (C=O) groups excluding carboxylic acids is 1. The third kappa shape index (κ3) is 3.39. The predicted molar refractivity (Wildman–Crippen MR) is 91.8 cm³/mol. The largest absolute Gasteiger partial charge is 0.493 e. The van der Waals surface area contributed by atoms with E-state index < -0.39 is 0 Å². The van der Waals surface area contributed by atoms with Gasteiger partial charge in [0.1, 0.15) is 5.70 Å². The zero-order valence-electron chi connectivity index (χ0n) is 13.6. The normalized spacial score (nSPS) is 15.8. The summed E-state index contributed by atoms with van der Waals surface area (Å²) < 4.78 is 15.9. The van der Waals surface area contributed by atoms with Crippen molar-refractivity contribution in [2.24, 2.45) is 0 Å². The molecule has 1 aromatic carbocycles. The molecular formula is C16H20N2O4S. The highest BCUT2D eigenvalue weighted by molar-refractivity contribution is 7.80. The molecule has 1 fully saturated rings. The molecule has 23 heavy (non-hydrogen) atoms. The molecule has 0 aromatic heterocycles. The van der Waals surface area contributed by atoms with Gasteiger partial charge in [-0.2, -0.15) is 0 Å². The summed E-state index contributed by atoms with van der Waals surface area (Å²) in [5.41, 5.74) is 1.18. The lowest BCUT2D eigenvalue weighted by Crippen LogP contribution is -2.31. The molecule has 0 bridgehead atoms. The van der Waals surface area contributed by atoms with E-state index in [1.165, 1.54) is 0 Å². The van der Waals surface area contributed by atoms with Crippen molar-refractivity contribution in [3.8, 4) is 17.2 Å². The van der Waals surface area contributed by atoms with Crippen LogP contribution < -0.4 is 19.5 Å². The van der Waals surface area contributed by atoms with Gasteiger partial charge < -0.3 is 19.5 Å². The van der Waals surface area contributed by atoms with Crippen LogP contribution in [-0.4, -0.2) is 43.8 Å². The quantitative estimate of drug-likeness (QED) is 0.635. The van der Waals surface area contributed by atoms with E-state index in [1.54, 1.807) is 44.4 Å². The van der Waals surface area contributed by atoms with Crippen molar-refractivity contribution in [3.05, 3.63) is 23.4 Å². The third-order valence-corrected chi connectivity index (χ3v) is 3.73. The van der Waals surface area contributed by atoms with Gasteiger partial charge in [-0.1, -0.05) is 6.92 Å². The summed E-state index contributed by atoms with van der Waals surface area (Å²) in [6, 6.07) is 3.55. The van der Waals surface area contributed by atoms with E-state index >= 15 is 0 Å². The fourth-order valence-electron chi connectivity index (χ4n) is 2.35. The van der Waals surface area contributed by atoms with E-state index in [0.717, 1.165) is 12.0 Å². The number of thiocarbonyl (C=S) groups is 1. The first-order valence-corrected chi connectivity index (χ1v) is 7.61. The first-order chi connectivity index (χ1) is 11.0. The molecule has 0 spiro atoms. The van der Waals surface area contributed by atoms with Crippen LogP contribution in [0.5, 0.6) is 17.2 Å². The van der Waals surface area contributed by atoms with Gasteiger partial charge in [-0.3, -0.25) is 9.69 Å². The Morgan fingerprint density at radius 2 is 1.78 bits per heavy atom. The van der Waals surface area contributed by atoms with Gasteiger partial charge in [-0.05, 0) is 42.4 Å². The number of rotatable bonds is 6. The number of benzene rings is 1. The first-order valence-electron chi connectivity index (χ1n) is 7.20. The average Bonchev–Trinajstić information content (AvgIpc) is 2.81. The molecule has 0 aliphatic carbocycles. The van der Waals surface area contributed by atoms with Gasteiger partial charge in [0.25, 0.3) is 5.91 Å². The maximum Gasteiger partial charge on any atom is 0.276 e. The molecule has 1 aliphatic rings. The lowest BCUT2D eigenvalue weighted by atomic mass is 10.1. The molecule has 1 saturated heterocycles. The molecule has 124 valence electrons. The van der Waals surface area contributed by atoms with Gasteiger partial charge in [0.2, 0.25) is 5.75 Å². The van der Waals surface area contributed by atoms with Crippen molar-refractivity contribution in [2.75, 3.05) is 27.9 Å². The van der Waals surface area contributed by atoms with Crippen LogP contribution in [0.3, 0.4) is 0 Å². The second-order valence-electron chi connectivity index (χ2n) is 4.90. The second-order valence-corrected chi connectivity index (χ2v) is 5.29. The third-order valence-electron chi connectivity index (χ3n) is 3.41. The molecule has 1 amide bonds. The first kappa shape index (κ1) is 17.1. The fourth-order valence-corrected chi connectivity index (χ4v) is 2.63. The van der Waals surface area contributed by atoms with Gasteiger partial charge >= 0.3 is 0 Å². The van der Waals surface area contributed by atoms with E-state index in [0.29, 0.717) is 34.6 Å². The molecule has 1 aromatic rings. The Balaban J connectivity index is 2.40. The lowest BCUT2D eigenvalue weighted by Gasteiger charge is -2.13. The van der Waals surface area contributed by atoms with Crippen LogP contribution in [0.1, 0.15) is 18.9 Å². The van der Waals surface area contributed by atoms with Crippen molar-refractivity contribution >= 4 is 29.3 Å². The number of nitrogens with zero attached hydrogens (tertiary/aromatic N) is 1. The van der Waals surface area contributed by atoms with E-state index in [9.17, 15) is 4.79 Å². The maximum absolute atomic E-state index is 12.4. The minimum atomic E-state index is -0.134. The number of carbonyl (C=O) groups is 1. The van der Waals surface area contributed by atoms with Crippen molar-refractivity contribution < 1.29 is 19.0 Å². The van der Waals surface area contributed by atoms with Crippen molar-refractivity contribution in [1.82, 2.24) is 10.2 Å². The van der Waals surface area contributed by atoms with Crippen LogP contribution in [0.25, 0.3) is 6.08 Å². The van der Waals surface area contributed by atoms with Crippen LogP contribution in [0.2, 0.25) is 0 Å². The summed E-state index contributed by atoms with van der Waals surface area (Å²) in [6.45, 7) is 2.59. The SMILES string of the molecule is CCCN1C(=O)/C(=C/c2cc(OC)c(OC)c(OC)c2)NC1=S. The zero-order valence-corrected chi connectivity index (χ0v) is 14.5. The summed E-state index contributed by atoms with van der Waals surface area (Å²) in [4.78, 5) is 13.9. The highest BCUT2D eigenvalue weighted by Gasteiger charge is 2.29. The number of methoxy groups -OCH3 is 3. The molecule has 0 radical (unpaired) electrons. The molecule has 0 atom stereocenters. The molecule has 1 aliphatic heterocycles. The number of hydrogen-bond donors (Lipinski definition) is 1. The Kier molecular flexibility index (Phi) is 5.44. The molecule has 7 heteroatoms. The highest BCUT2D eigenvalue weighted by atomic mass is 32.1. The number of ether oxygens (including phenoxy) is 3. The summed E-state index contributed by atoms with van der Waals surface area (Å²) >= 11 is 5.20. The number of hydrogen-bond acceptors (Lipinski definition) is 5. The summed E-state index contributed by atoms with van der Waals surface area (Å²) in [6.07, 6.45) is 2.56. The van der Waals surface area contributed by atoms with Crippen LogP contribution >= 0.6 is 12.2 Å². The standard InChI is InChI=1S/C16H20N2O4S/c1-5-6-18-15(19)11(17-16(18)23)7-10-8-12(20-2)14(22-4)13(9-10)21-3/h7-9H,5-6H2,1-4H3,(H,17,23)/b11-7-. The van der Waals surface area contributed by atoms with Crippen molar-refractivity contribution in [2.45, 2.75) is 13.3 Å². The molecule has 6 nitrogen and oxygen atoms in total. The summed E-state index contributed by atoms with van der Waals surface area (Å²) in [7, 11) is 4.64. The summed E-state index contributed by atoms with van der Waals surface area (Å²) in [5.74, 6) is 1.42. The van der Waals surface area contributed by atoms with Crippen molar-refractivity contribution in [1.29, 1.82) is 0 Å². The van der Waals surface area contributed by atoms with Crippen LogP contribution in [0.4, 0.5) is 0 Å². The van der Waals surface area contributed by atoms with Crippen LogP contribution in [0.15, 0.2) is 17.8 Å². The molecule has 2 rings (SSSR count). The second kappa shape index (κ2) is 7.32. The van der Waals surface area contributed by atoms with Gasteiger partial charge in [-0.15, -0.1) is 0 Å². The molecule has 1 heterocycles. The van der Waals surface area contributed by atoms with Crippen LogP contribution in [0, 0.1) is 0 Å². The fraction of sp³-hybridized carbons (Fsp3) is 0.375. The highest BCUT2D eigenvalue weighted by Crippen LogP contribution is 2.38. The average molecular weight is 336 g/mol. The maximum atomic E-state index is 12.4. The van der Waals surface area contributed by atoms with Crippen LogP contribution in [-0.2, 0) is 4.79 Å². The molecule has 0 unspecified atom stereocenters. The van der Waals surface area contributed by atoms with E-state index in [1.807, 2.05) is 6.92 Å². The smallest absolute Gasteiger partial charge is 0.276 e. The minimum absolute atomic E-state index is 0.134. The van der Waals surface area contributed by atoms with Crippen molar-refractivity contribution in [3.63, 3.8) is 0 Å². The molecular weight excluding hydrogens is 316 g/mol. The van der Waals surface area contributed by atoms with E-state index in [4.69, 9.17) is 26.4 Å². The Hall–Kier alpha value is -2.28. The Morgan fingerprint density at radius 1 is 1.17 bits per heavy atom. The number of nitrogens with one attached hydrogen (secondary N) is 1. The Bertz CT molecular complexity index is 632. The minimum Gasteiger partial charge on any atom is -0.493 e. The lowest BCUT2D eigenvalue weighted by molar-refractivity contribution is -0.122. The van der Waals surface area contributed by atoms with Gasteiger partial charge in [-0.25, -0.2) is 0 Å². The Morgan fingerprint density at radius 3 is 2.26 bits per heavy atom. The van der Waals surface area contributed by atoms with Gasteiger partial charge in [0.15, 0.2) is 16.6 Å². The van der Waals surface area contributed by atoms with E-state index in [-0.39, 0.29) is 5.91 Å². The van der Waals surface area contributed by atoms with Gasteiger partial charge in [0.05, 0.1) is 21.3 Å². The molecule has 1 N–H and O–H groups in total. The molecule has 0 saturated carbocycles. The monoisotopic (exact) mass is 336 g/mol. The van der Waals surface area contributed by atoms with E-state index in [2.05, 4.69) is 5.32 Å². The summed E-state index contributed by atoms with van der Waals surface area (Å²) in [5, 5.41) is 3.37. The Labute approximate surface area is 141 Å². The zero-order chi connectivity index (χ0) is 17.0. The van der Waals surface area contributed by atoms with Gasteiger partial charge in [0, 0.05) is 6.54 Å². The topological polar surface area (TPSA) is 60.0 Å². The predicted octanol–water partition coefficient (Wildman–Crippen LogP) is 2.18. The number of amides is 1.